The Labute approximate surface area is 160 Å². The Bertz CT molecular complexity index is 666. The molecule has 1 aromatic rings. The minimum absolute atomic E-state index is 0.0241. The number of halogens is 2. The number of hydrogen-bond acceptors (Lipinski definition) is 2. The van der Waals surface area contributed by atoms with Crippen LogP contribution < -0.4 is 5.32 Å². The molecule has 2 rings (SSSR count). The van der Waals surface area contributed by atoms with E-state index in [2.05, 4.69) is 12.2 Å². The highest BCUT2D eigenvalue weighted by Gasteiger charge is 2.37. The Kier molecular flexibility index (Phi) is 7.33. The molecule has 1 aliphatic carbocycles. The maximum Gasteiger partial charge on any atom is 0.257 e. The Balaban J connectivity index is 2.07. The van der Waals surface area contributed by atoms with Crippen molar-refractivity contribution in [3.05, 3.63) is 34.9 Å². The van der Waals surface area contributed by atoms with Crippen LogP contribution in [0.2, 0.25) is 0 Å². The number of hydrogen-bond donors (Lipinski definition) is 1. The monoisotopic (exact) mass is 380 g/mol. The summed E-state index contributed by atoms with van der Waals surface area (Å²) in [5.74, 6) is -2.14. The van der Waals surface area contributed by atoms with Crippen molar-refractivity contribution in [2.24, 2.45) is 11.8 Å². The van der Waals surface area contributed by atoms with Gasteiger partial charge in [-0.15, -0.1) is 0 Å². The Morgan fingerprint density at radius 1 is 1.22 bits per heavy atom. The van der Waals surface area contributed by atoms with Gasteiger partial charge in [0.1, 0.15) is 17.2 Å². The third-order valence-electron chi connectivity index (χ3n) is 5.38. The fraction of sp³-hybridized carbons (Fsp3) is 0.619. The highest BCUT2D eigenvalue weighted by Crippen LogP contribution is 2.35. The fourth-order valence-corrected chi connectivity index (χ4v) is 3.61. The van der Waals surface area contributed by atoms with Crippen LogP contribution in [0.5, 0.6) is 0 Å². The standard InChI is InChI=1S/C21H30F2N2O2/c1-5-7-14(6-2)21(27)25(4)18(15-8-9-15)12-24-20(26)19-16(22)10-13(3)11-17(19)23/h10-11,14-15,18H,5-9,12H2,1-4H3,(H,24,26). The zero-order chi connectivity index (χ0) is 20.1. The number of rotatable bonds is 9. The average molecular weight is 380 g/mol. The molecule has 2 atom stereocenters. The third-order valence-corrected chi connectivity index (χ3v) is 5.38. The fourth-order valence-electron chi connectivity index (χ4n) is 3.61. The van der Waals surface area contributed by atoms with Gasteiger partial charge in [0.2, 0.25) is 5.91 Å². The molecule has 6 heteroatoms. The number of carbonyl (C=O) groups is 2. The van der Waals surface area contributed by atoms with Gasteiger partial charge in [-0.2, -0.15) is 0 Å². The first-order chi connectivity index (χ1) is 12.8. The van der Waals surface area contributed by atoms with Crippen molar-refractivity contribution in [3.8, 4) is 0 Å². The largest absolute Gasteiger partial charge is 0.350 e. The molecule has 0 radical (unpaired) electrons. The van der Waals surface area contributed by atoms with Crippen molar-refractivity contribution in [3.63, 3.8) is 0 Å². The first-order valence-corrected chi connectivity index (χ1v) is 9.80. The van der Waals surface area contributed by atoms with Crippen LogP contribution in [-0.4, -0.2) is 36.3 Å². The van der Waals surface area contributed by atoms with Crippen LogP contribution in [0.25, 0.3) is 0 Å². The summed E-state index contributed by atoms with van der Waals surface area (Å²) in [6.45, 7) is 5.82. The molecule has 0 spiro atoms. The molecule has 4 nitrogen and oxygen atoms in total. The molecular formula is C21H30F2N2O2. The van der Waals surface area contributed by atoms with E-state index in [1.54, 1.807) is 18.9 Å². The Morgan fingerprint density at radius 2 is 1.81 bits per heavy atom. The van der Waals surface area contributed by atoms with E-state index in [0.717, 1.165) is 44.2 Å². The van der Waals surface area contributed by atoms with E-state index in [0.29, 0.717) is 11.5 Å². The summed E-state index contributed by atoms with van der Waals surface area (Å²) in [7, 11) is 1.77. The van der Waals surface area contributed by atoms with Crippen LogP contribution in [0, 0.1) is 30.4 Å². The quantitative estimate of drug-likeness (QED) is 0.702. The van der Waals surface area contributed by atoms with Gasteiger partial charge in [0, 0.05) is 19.5 Å². The molecule has 0 heterocycles. The molecule has 150 valence electrons. The minimum Gasteiger partial charge on any atom is -0.350 e. The van der Waals surface area contributed by atoms with Gasteiger partial charge in [0.25, 0.3) is 5.91 Å². The van der Waals surface area contributed by atoms with Crippen molar-refractivity contribution in [2.45, 2.75) is 58.9 Å². The number of amides is 2. The van der Waals surface area contributed by atoms with Gasteiger partial charge in [-0.05, 0) is 56.2 Å². The van der Waals surface area contributed by atoms with Crippen molar-refractivity contribution < 1.29 is 18.4 Å². The second-order valence-electron chi connectivity index (χ2n) is 7.56. The molecular weight excluding hydrogens is 350 g/mol. The van der Waals surface area contributed by atoms with Gasteiger partial charge < -0.3 is 10.2 Å². The lowest BCUT2D eigenvalue weighted by Gasteiger charge is -2.31. The van der Waals surface area contributed by atoms with E-state index in [1.807, 2.05) is 6.92 Å². The summed E-state index contributed by atoms with van der Waals surface area (Å²) in [4.78, 5) is 26.9. The number of nitrogens with one attached hydrogen (secondary N) is 1. The molecule has 0 bridgehead atoms. The van der Waals surface area contributed by atoms with Gasteiger partial charge in [-0.3, -0.25) is 9.59 Å². The lowest BCUT2D eigenvalue weighted by Crippen LogP contribution is -2.48. The van der Waals surface area contributed by atoms with E-state index >= 15 is 0 Å². The number of carbonyl (C=O) groups excluding carboxylic acids is 2. The van der Waals surface area contributed by atoms with E-state index in [9.17, 15) is 18.4 Å². The van der Waals surface area contributed by atoms with Crippen LogP contribution in [-0.2, 0) is 4.79 Å². The zero-order valence-corrected chi connectivity index (χ0v) is 16.6. The number of nitrogens with zero attached hydrogens (tertiary/aromatic N) is 1. The smallest absolute Gasteiger partial charge is 0.257 e. The lowest BCUT2D eigenvalue weighted by atomic mass is 9.98. The van der Waals surface area contributed by atoms with Gasteiger partial charge in [-0.25, -0.2) is 8.78 Å². The summed E-state index contributed by atoms with van der Waals surface area (Å²) in [5.41, 5.74) is -0.147. The van der Waals surface area contributed by atoms with Gasteiger partial charge in [0.05, 0.1) is 6.04 Å². The van der Waals surface area contributed by atoms with Crippen LogP contribution in [0.15, 0.2) is 12.1 Å². The summed E-state index contributed by atoms with van der Waals surface area (Å²) in [6.07, 6.45) is 4.55. The average Bonchev–Trinajstić information content (AvgIpc) is 3.43. The zero-order valence-electron chi connectivity index (χ0n) is 16.6. The molecule has 2 unspecified atom stereocenters. The van der Waals surface area contributed by atoms with Crippen LogP contribution in [0.4, 0.5) is 8.78 Å². The minimum atomic E-state index is -0.869. The van der Waals surface area contributed by atoms with Gasteiger partial charge in [-0.1, -0.05) is 20.3 Å². The van der Waals surface area contributed by atoms with Gasteiger partial charge >= 0.3 is 0 Å². The van der Waals surface area contributed by atoms with E-state index in [-0.39, 0.29) is 24.4 Å². The van der Waals surface area contributed by atoms with Crippen molar-refractivity contribution in [2.75, 3.05) is 13.6 Å². The molecule has 1 fully saturated rings. The van der Waals surface area contributed by atoms with Crippen LogP contribution in [0.1, 0.15) is 61.9 Å². The predicted octanol–water partition coefficient (Wildman–Crippen LogP) is 4.07. The van der Waals surface area contributed by atoms with Gasteiger partial charge in [0.15, 0.2) is 0 Å². The van der Waals surface area contributed by atoms with Crippen LogP contribution in [0.3, 0.4) is 0 Å². The summed E-state index contributed by atoms with van der Waals surface area (Å²) in [5, 5.41) is 2.63. The predicted molar refractivity (Wildman–Crippen MR) is 101 cm³/mol. The van der Waals surface area contributed by atoms with Crippen molar-refractivity contribution in [1.29, 1.82) is 0 Å². The Morgan fingerprint density at radius 3 is 2.30 bits per heavy atom. The number of benzene rings is 1. The molecule has 1 saturated carbocycles. The first-order valence-electron chi connectivity index (χ1n) is 9.80. The number of aryl methyl sites for hydroxylation is 1. The molecule has 27 heavy (non-hydrogen) atoms. The summed E-state index contributed by atoms with van der Waals surface area (Å²) >= 11 is 0. The summed E-state index contributed by atoms with van der Waals surface area (Å²) in [6, 6.07) is 2.13. The normalized spacial score (nSPS) is 15.9. The highest BCUT2D eigenvalue weighted by molar-refractivity contribution is 5.94. The topological polar surface area (TPSA) is 49.4 Å². The molecule has 1 N–H and O–H groups in total. The van der Waals surface area contributed by atoms with Crippen molar-refractivity contribution >= 4 is 11.8 Å². The second-order valence-corrected chi connectivity index (χ2v) is 7.56. The maximum absolute atomic E-state index is 14.0. The highest BCUT2D eigenvalue weighted by atomic mass is 19.1. The molecule has 1 aliphatic rings. The molecule has 0 aliphatic heterocycles. The summed E-state index contributed by atoms with van der Waals surface area (Å²) < 4.78 is 28.0. The maximum atomic E-state index is 14.0. The van der Waals surface area contributed by atoms with Crippen molar-refractivity contribution in [1.82, 2.24) is 10.2 Å². The molecule has 1 aromatic carbocycles. The van der Waals surface area contributed by atoms with E-state index in [4.69, 9.17) is 0 Å². The molecule has 0 saturated heterocycles. The second kappa shape index (κ2) is 9.29. The van der Waals surface area contributed by atoms with E-state index < -0.39 is 23.1 Å². The number of likely N-dealkylation sites (N-methyl/N-ethyl adjacent to an activating group) is 1. The van der Waals surface area contributed by atoms with E-state index in [1.165, 1.54) is 0 Å². The molecule has 0 aromatic heterocycles. The van der Waals surface area contributed by atoms with Crippen LogP contribution >= 0.6 is 0 Å². The Hall–Kier alpha value is -1.98. The lowest BCUT2D eigenvalue weighted by molar-refractivity contribution is -0.137. The molecule has 2 amide bonds. The SMILES string of the molecule is CCCC(CC)C(=O)N(C)C(CNC(=O)c1c(F)cc(C)cc1F)C1CC1. The third kappa shape index (κ3) is 5.27. The first kappa shape index (κ1) is 21.3.